The topological polar surface area (TPSA) is 42.0 Å². The van der Waals surface area contributed by atoms with E-state index in [-0.39, 0.29) is 11.3 Å². The minimum atomic E-state index is -0.248. The van der Waals surface area contributed by atoms with E-state index in [0.29, 0.717) is 0 Å². The Morgan fingerprint density at radius 2 is 2.35 bits per heavy atom. The molecule has 1 aromatic rings. The average molecular weight is 272 g/mol. The molecule has 0 fully saturated rings. The maximum absolute atomic E-state index is 11.8. The first kappa shape index (κ1) is 14.5. The summed E-state index contributed by atoms with van der Waals surface area (Å²) < 4.78 is 1.10. The molecule has 0 saturated heterocycles. The smallest absolute Gasteiger partial charge is 0.225 e. The fourth-order valence-corrected chi connectivity index (χ4v) is 2.76. The molecule has 0 aliphatic rings. The van der Waals surface area contributed by atoms with E-state index in [2.05, 4.69) is 10.3 Å². The average Bonchev–Trinajstić information content (AvgIpc) is 2.81. The quantitative estimate of drug-likeness (QED) is 0.612. The van der Waals surface area contributed by atoms with Gasteiger partial charge in [0.15, 0.2) is 0 Å². The van der Waals surface area contributed by atoms with Crippen molar-refractivity contribution < 1.29 is 4.79 Å². The molecule has 0 aromatic carbocycles. The Morgan fingerprint density at radius 3 is 2.94 bits per heavy atom. The van der Waals surface area contributed by atoms with Crippen LogP contribution in [0, 0.1) is 5.41 Å². The van der Waals surface area contributed by atoms with E-state index in [1.165, 1.54) is 0 Å². The minimum Gasteiger partial charge on any atom is -0.356 e. The van der Waals surface area contributed by atoms with Gasteiger partial charge in [-0.15, -0.1) is 11.3 Å². The standard InChI is InChI=1S/C12H20N2OS2/c1-4-12(2,3)10(15)13-6-5-8-16-11-14-7-9-17-11/h7,9H,4-6,8H2,1-3H3,(H,13,15). The van der Waals surface area contributed by atoms with Gasteiger partial charge in [-0.2, -0.15) is 0 Å². The Kier molecular flexibility index (Phi) is 5.98. The Hall–Kier alpha value is -0.550. The summed E-state index contributed by atoms with van der Waals surface area (Å²) in [4.78, 5) is 16.0. The van der Waals surface area contributed by atoms with E-state index < -0.39 is 0 Å². The van der Waals surface area contributed by atoms with Gasteiger partial charge in [0.2, 0.25) is 5.91 Å². The highest BCUT2D eigenvalue weighted by Crippen LogP contribution is 2.21. The summed E-state index contributed by atoms with van der Waals surface area (Å²) in [6.45, 7) is 6.75. The third-order valence-corrected chi connectivity index (χ3v) is 4.79. The number of hydrogen-bond donors (Lipinski definition) is 1. The van der Waals surface area contributed by atoms with Crippen LogP contribution in [0.2, 0.25) is 0 Å². The van der Waals surface area contributed by atoms with Crippen molar-refractivity contribution in [3.8, 4) is 0 Å². The molecule has 1 amide bonds. The number of hydrogen-bond acceptors (Lipinski definition) is 4. The third-order valence-electron chi connectivity index (χ3n) is 2.74. The molecular formula is C12H20N2OS2. The summed E-state index contributed by atoms with van der Waals surface area (Å²) in [5.41, 5.74) is -0.248. The number of nitrogens with one attached hydrogen (secondary N) is 1. The lowest BCUT2D eigenvalue weighted by molar-refractivity contribution is -0.129. The second-order valence-electron chi connectivity index (χ2n) is 4.49. The number of amides is 1. The van der Waals surface area contributed by atoms with Crippen molar-refractivity contribution in [2.24, 2.45) is 5.41 Å². The molecule has 0 aliphatic carbocycles. The molecule has 1 rings (SSSR count). The van der Waals surface area contributed by atoms with Gasteiger partial charge in [-0.05, 0) is 12.8 Å². The molecule has 1 heterocycles. The zero-order valence-corrected chi connectivity index (χ0v) is 12.3. The molecule has 0 spiro atoms. The van der Waals surface area contributed by atoms with Crippen LogP contribution in [-0.4, -0.2) is 23.2 Å². The summed E-state index contributed by atoms with van der Waals surface area (Å²) in [7, 11) is 0. The van der Waals surface area contributed by atoms with Crippen LogP contribution in [-0.2, 0) is 4.79 Å². The molecule has 0 aliphatic heterocycles. The van der Waals surface area contributed by atoms with Crippen molar-refractivity contribution in [2.75, 3.05) is 12.3 Å². The van der Waals surface area contributed by atoms with Gasteiger partial charge in [-0.25, -0.2) is 4.98 Å². The zero-order chi connectivity index (χ0) is 12.7. The highest BCUT2D eigenvalue weighted by Gasteiger charge is 2.24. The number of aromatic nitrogens is 1. The highest BCUT2D eigenvalue weighted by molar-refractivity contribution is 8.00. The van der Waals surface area contributed by atoms with Crippen LogP contribution in [0.4, 0.5) is 0 Å². The Morgan fingerprint density at radius 1 is 1.59 bits per heavy atom. The maximum atomic E-state index is 11.8. The van der Waals surface area contributed by atoms with Crippen LogP contribution in [0.1, 0.15) is 33.6 Å². The van der Waals surface area contributed by atoms with Crippen LogP contribution in [0.25, 0.3) is 0 Å². The molecule has 0 unspecified atom stereocenters. The first-order chi connectivity index (χ1) is 8.06. The number of nitrogens with zero attached hydrogens (tertiary/aromatic N) is 1. The normalized spacial score (nSPS) is 11.5. The molecule has 17 heavy (non-hydrogen) atoms. The third kappa shape index (κ3) is 5.08. The fraction of sp³-hybridized carbons (Fsp3) is 0.667. The highest BCUT2D eigenvalue weighted by atomic mass is 32.2. The van der Waals surface area contributed by atoms with Gasteiger partial charge in [0.1, 0.15) is 4.34 Å². The molecule has 3 nitrogen and oxygen atoms in total. The minimum absolute atomic E-state index is 0.152. The summed E-state index contributed by atoms with van der Waals surface area (Å²) in [6.07, 6.45) is 3.67. The number of carbonyl (C=O) groups excluding carboxylic acids is 1. The fourth-order valence-electron chi connectivity index (χ4n) is 1.12. The molecule has 0 radical (unpaired) electrons. The largest absolute Gasteiger partial charge is 0.356 e. The van der Waals surface area contributed by atoms with E-state index in [0.717, 1.165) is 29.5 Å². The van der Waals surface area contributed by atoms with Gasteiger partial charge < -0.3 is 5.32 Å². The lowest BCUT2D eigenvalue weighted by Crippen LogP contribution is -2.37. The molecule has 0 saturated carbocycles. The van der Waals surface area contributed by atoms with Crippen molar-refractivity contribution in [3.63, 3.8) is 0 Å². The van der Waals surface area contributed by atoms with Crippen molar-refractivity contribution in [3.05, 3.63) is 11.6 Å². The monoisotopic (exact) mass is 272 g/mol. The van der Waals surface area contributed by atoms with E-state index in [1.807, 2.05) is 32.3 Å². The molecular weight excluding hydrogens is 252 g/mol. The summed E-state index contributed by atoms with van der Waals surface area (Å²) in [5, 5.41) is 4.96. The Bertz CT molecular complexity index is 336. The number of rotatable bonds is 7. The Balaban J connectivity index is 2.10. The van der Waals surface area contributed by atoms with E-state index >= 15 is 0 Å². The number of thioether (sulfide) groups is 1. The second kappa shape index (κ2) is 7.01. The van der Waals surface area contributed by atoms with E-state index in [9.17, 15) is 4.79 Å². The van der Waals surface area contributed by atoms with Crippen molar-refractivity contribution in [1.29, 1.82) is 0 Å². The van der Waals surface area contributed by atoms with Gasteiger partial charge in [-0.3, -0.25) is 4.79 Å². The molecule has 1 N–H and O–H groups in total. The lowest BCUT2D eigenvalue weighted by Gasteiger charge is -2.21. The summed E-state index contributed by atoms with van der Waals surface area (Å²) in [6, 6.07) is 0. The van der Waals surface area contributed by atoms with Crippen molar-refractivity contribution in [2.45, 2.75) is 38.0 Å². The number of thiazole rings is 1. The van der Waals surface area contributed by atoms with E-state index in [4.69, 9.17) is 0 Å². The number of carbonyl (C=O) groups is 1. The second-order valence-corrected chi connectivity index (χ2v) is 6.73. The van der Waals surface area contributed by atoms with Gasteiger partial charge in [0.25, 0.3) is 0 Å². The van der Waals surface area contributed by atoms with Crippen molar-refractivity contribution in [1.82, 2.24) is 10.3 Å². The van der Waals surface area contributed by atoms with Crippen LogP contribution < -0.4 is 5.32 Å². The lowest BCUT2D eigenvalue weighted by atomic mass is 9.89. The van der Waals surface area contributed by atoms with Crippen LogP contribution in [0.15, 0.2) is 15.9 Å². The summed E-state index contributed by atoms with van der Waals surface area (Å²) >= 11 is 3.41. The van der Waals surface area contributed by atoms with Crippen LogP contribution in [0.3, 0.4) is 0 Å². The first-order valence-corrected chi connectivity index (χ1v) is 7.73. The van der Waals surface area contributed by atoms with Gasteiger partial charge in [0, 0.05) is 29.3 Å². The molecule has 5 heteroatoms. The SMILES string of the molecule is CCC(C)(C)C(=O)NCCCSc1nccs1. The molecule has 0 atom stereocenters. The van der Waals surface area contributed by atoms with Gasteiger partial charge >= 0.3 is 0 Å². The van der Waals surface area contributed by atoms with Gasteiger partial charge in [-0.1, -0.05) is 32.5 Å². The van der Waals surface area contributed by atoms with Crippen LogP contribution >= 0.6 is 23.1 Å². The molecule has 0 bridgehead atoms. The van der Waals surface area contributed by atoms with Gasteiger partial charge in [0.05, 0.1) is 0 Å². The molecule has 1 aromatic heterocycles. The predicted octanol–water partition coefficient (Wildman–Crippen LogP) is 3.18. The Labute approximate surface area is 111 Å². The van der Waals surface area contributed by atoms with Crippen LogP contribution in [0.5, 0.6) is 0 Å². The van der Waals surface area contributed by atoms with Crippen molar-refractivity contribution >= 4 is 29.0 Å². The first-order valence-electron chi connectivity index (χ1n) is 5.87. The predicted molar refractivity (Wildman–Crippen MR) is 74.5 cm³/mol. The molecule has 96 valence electrons. The zero-order valence-electron chi connectivity index (χ0n) is 10.7. The maximum Gasteiger partial charge on any atom is 0.225 e. The summed E-state index contributed by atoms with van der Waals surface area (Å²) in [5.74, 6) is 1.15. The van der Waals surface area contributed by atoms with E-state index in [1.54, 1.807) is 23.1 Å².